The Morgan fingerprint density at radius 2 is 2.15 bits per heavy atom. The molecule has 1 heterocycles. The lowest BCUT2D eigenvalue weighted by atomic mass is 9.93. The maximum atomic E-state index is 13.4. The third kappa shape index (κ3) is 3.08. The zero-order valence-corrected chi connectivity index (χ0v) is 12.2. The van der Waals surface area contributed by atoms with E-state index in [1.54, 1.807) is 7.05 Å². The number of pyridine rings is 1. The Bertz CT molecular complexity index is 472. The van der Waals surface area contributed by atoms with Crippen LogP contribution >= 0.6 is 0 Å². The van der Waals surface area contributed by atoms with Crippen LogP contribution in [0.3, 0.4) is 0 Å². The van der Waals surface area contributed by atoms with Crippen molar-refractivity contribution < 1.29 is 9.18 Å². The predicted molar refractivity (Wildman–Crippen MR) is 77.3 cm³/mol. The summed E-state index contributed by atoms with van der Waals surface area (Å²) in [6.45, 7) is 2.61. The first-order valence-electron chi connectivity index (χ1n) is 7.31. The van der Waals surface area contributed by atoms with Crippen molar-refractivity contribution in [3.8, 4) is 0 Å². The highest BCUT2D eigenvalue weighted by Gasteiger charge is 2.27. The number of carbonyl (C=O) groups is 1. The fraction of sp³-hybridized carbons (Fsp3) is 0.600. The molecule has 0 saturated heterocycles. The quantitative estimate of drug-likeness (QED) is 0.921. The van der Waals surface area contributed by atoms with Crippen LogP contribution in [0, 0.1) is 5.82 Å². The first-order chi connectivity index (χ1) is 9.67. The SMILES string of the molecule is CCN(C(=O)c1cc(F)cnc1NC)C1CCCCC1. The summed E-state index contributed by atoms with van der Waals surface area (Å²) in [6, 6.07) is 1.54. The molecule has 1 aliphatic rings. The topological polar surface area (TPSA) is 45.2 Å². The van der Waals surface area contributed by atoms with Crippen LogP contribution < -0.4 is 5.32 Å². The van der Waals surface area contributed by atoms with Crippen molar-refractivity contribution in [3.05, 3.63) is 23.6 Å². The Balaban J connectivity index is 2.25. The number of halogens is 1. The minimum absolute atomic E-state index is 0.129. The van der Waals surface area contributed by atoms with Crippen LogP contribution in [0.4, 0.5) is 10.2 Å². The number of hydrogen-bond donors (Lipinski definition) is 1. The molecule has 0 spiro atoms. The number of aromatic nitrogens is 1. The van der Waals surface area contributed by atoms with Crippen LogP contribution in [0.25, 0.3) is 0 Å². The number of carbonyl (C=O) groups excluding carboxylic acids is 1. The molecular weight excluding hydrogens is 257 g/mol. The van der Waals surface area contributed by atoms with E-state index >= 15 is 0 Å². The largest absolute Gasteiger partial charge is 0.372 e. The van der Waals surface area contributed by atoms with Gasteiger partial charge in [-0.2, -0.15) is 0 Å². The lowest BCUT2D eigenvalue weighted by molar-refractivity contribution is 0.0648. The van der Waals surface area contributed by atoms with E-state index in [2.05, 4.69) is 10.3 Å². The normalized spacial score (nSPS) is 15.9. The highest BCUT2D eigenvalue weighted by Crippen LogP contribution is 2.25. The molecule has 1 aliphatic carbocycles. The number of hydrogen-bond acceptors (Lipinski definition) is 3. The van der Waals surface area contributed by atoms with E-state index in [0.717, 1.165) is 31.9 Å². The van der Waals surface area contributed by atoms with Gasteiger partial charge in [-0.1, -0.05) is 19.3 Å². The van der Waals surface area contributed by atoms with Gasteiger partial charge in [-0.05, 0) is 25.8 Å². The number of rotatable bonds is 4. The average molecular weight is 279 g/mol. The Hall–Kier alpha value is -1.65. The molecule has 1 aromatic rings. The van der Waals surface area contributed by atoms with Crippen LogP contribution in [0.15, 0.2) is 12.3 Å². The lowest BCUT2D eigenvalue weighted by Crippen LogP contribution is -2.41. The number of nitrogens with zero attached hydrogens (tertiary/aromatic N) is 2. The molecule has 1 aromatic heterocycles. The fourth-order valence-electron chi connectivity index (χ4n) is 2.92. The average Bonchev–Trinajstić information content (AvgIpc) is 2.49. The molecule has 0 unspecified atom stereocenters. The molecule has 0 bridgehead atoms. The zero-order chi connectivity index (χ0) is 14.5. The first-order valence-corrected chi connectivity index (χ1v) is 7.31. The molecule has 110 valence electrons. The monoisotopic (exact) mass is 279 g/mol. The Morgan fingerprint density at radius 1 is 1.45 bits per heavy atom. The summed E-state index contributed by atoms with van der Waals surface area (Å²) in [4.78, 5) is 18.5. The Labute approximate surface area is 119 Å². The van der Waals surface area contributed by atoms with Crippen LogP contribution in [0.5, 0.6) is 0 Å². The molecule has 0 aromatic carbocycles. The fourth-order valence-corrected chi connectivity index (χ4v) is 2.92. The number of nitrogens with one attached hydrogen (secondary N) is 1. The molecule has 4 nitrogen and oxygen atoms in total. The molecule has 0 atom stereocenters. The molecule has 5 heteroatoms. The second kappa shape index (κ2) is 6.68. The highest BCUT2D eigenvalue weighted by atomic mass is 19.1. The molecule has 1 amide bonds. The van der Waals surface area contributed by atoms with Gasteiger partial charge in [0.2, 0.25) is 0 Å². The van der Waals surface area contributed by atoms with Crippen molar-refractivity contribution in [2.45, 2.75) is 45.1 Å². The summed E-state index contributed by atoms with van der Waals surface area (Å²) >= 11 is 0. The van der Waals surface area contributed by atoms with Crippen molar-refractivity contribution in [2.24, 2.45) is 0 Å². The van der Waals surface area contributed by atoms with E-state index in [-0.39, 0.29) is 11.9 Å². The summed E-state index contributed by atoms with van der Waals surface area (Å²) in [5.41, 5.74) is 0.319. The minimum Gasteiger partial charge on any atom is -0.372 e. The molecule has 20 heavy (non-hydrogen) atoms. The number of anilines is 1. The van der Waals surface area contributed by atoms with Gasteiger partial charge in [0.25, 0.3) is 5.91 Å². The van der Waals surface area contributed by atoms with E-state index in [0.29, 0.717) is 17.9 Å². The van der Waals surface area contributed by atoms with Gasteiger partial charge in [0, 0.05) is 19.6 Å². The predicted octanol–water partition coefficient (Wildman–Crippen LogP) is 3.06. The van der Waals surface area contributed by atoms with Crippen molar-refractivity contribution >= 4 is 11.7 Å². The van der Waals surface area contributed by atoms with Gasteiger partial charge in [0.1, 0.15) is 11.6 Å². The van der Waals surface area contributed by atoms with Gasteiger partial charge >= 0.3 is 0 Å². The summed E-state index contributed by atoms with van der Waals surface area (Å²) in [6.07, 6.45) is 6.77. The van der Waals surface area contributed by atoms with Crippen LogP contribution in [0.1, 0.15) is 49.4 Å². The molecule has 0 radical (unpaired) electrons. The molecule has 0 aliphatic heterocycles. The van der Waals surface area contributed by atoms with Crippen LogP contribution in [-0.4, -0.2) is 35.4 Å². The Morgan fingerprint density at radius 3 is 2.75 bits per heavy atom. The molecule has 1 N–H and O–H groups in total. The van der Waals surface area contributed by atoms with E-state index in [1.165, 1.54) is 12.5 Å². The van der Waals surface area contributed by atoms with E-state index < -0.39 is 5.82 Å². The van der Waals surface area contributed by atoms with Crippen molar-refractivity contribution in [1.29, 1.82) is 0 Å². The van der Waals surface area contributed by atoms with Crippen LogP contribution in [-0.2, 0) is 0 Å². The van der Waals surface area contributed by atoms with E-state index in [1.807, 2.05) is 11.8 Å². The standard InChI is InChI=1S/C15H22FN3O/c1-3-19(12-7-5-4-6-8-12)15(20)13-9-11(16)10-18-14(13)17-2/h9-10,12H,3-8H2,1-2H3,(H,17,18). The summed E-state index contributed by atoms with van der Waals surface area (Å²) in [5.74, 6) is -0.173. The lowest BCUT2D eigenvalue weighted by Gasteiger charge is -2.33. The summed E-state index contributed by atoms with van der Waals surface area (Å²) in [5, 5.41) is 2.86. The third-order valence-corrected chi connectivity index (χ3v) is 3.94. The smallest absolute Gasteiger partial charge is 0.257 e. The number of amides is 1. The van der Waals surface area contributed by atoms with Crippen LogP contribution in [0.2, 0.25) is 0 Å². The maximum absolute atomic E-state index is 13.4. The van der Waals surface area contributed by atoms with Crippen molar-refractivity contribution in [1.82, 2.24) is 9.88 Å². The third-order valence-electron chi connectivity index (χ3n) is 3.94. The van der Waals surface area contributed by atoms with E-state index in [4.69, 9.17) is 0 Å². The molecule has 1 saturated carbocycles. The minimum atomic E-state index is -0.480. The van der Waals surface area contributed by atoms with Gasteiger partial charge in [-0.3, -0.25) is 4.79 Å². The van der Waals surface area contributed by atoms with Gasteiger partial charge in [0.05, 0.1) is 11.8 Å². The van der Waals surface area contributed by atoms with Crippen molar-refractivity contribution in [3.63, 3.8) is 0 Å². The summed E-state index contributed by atoms with van der Waals surface area (Å²) < 4.78 is 13.4. The van der Waals surface area contributed by atoms with Gasteiger partial charge < -0.3 is 10.2 Å². The second-order valence-corrected chi connectivity index (χ2v) is 5.18. The van der Waals surface area contributed by atoms with Gasteiger partial charge in [-0.15, -0.1) is 0 Å². The second-order valence-electron chi connectivity index (χ2n) is 5.18. The van der Waals surface area contributed by atoms with Gasteiger partial charge in [0.15, 0.2) is 0 Å². The molecule has 1 fully saturated rings. The highest BCUT2D eigenvalue weighted by molar-refractivity contribution is 5.98. The first kappa shape index (κ1) is 14.8. The Kier molecular flexibility index (Phi) is 4.93. The van der Waals surface area contributed by atoms with E-state index in [9.17, 15) is 9.18 Å². The van der Waals surface area contributed by atoms with Crippen molar-refractivity contribution in [2.75, 3.05) is 18.9 Å². The zero-order valence-electron chi connectivity index (χ0n) is 12.2. The maximum Gasteiger partial charge on any atom is 0.257 e. The molecular formula is C15H22FN3O. The summed E-state index contributed by atoms with van der Waals surface area (Å²) in [7, 11) is 1.69. The van der Waals surface area contributed by atoms with Gasteiger partial charge in [-0.25, -0.2) is 9.37 Å². The molecule has 2 rings (SSSR count).